The molecule has 5 aromatic rings. The summed E-state index contributed by atoms with van der Waals surface area (Å²) in [7, 11) is 0. The maximum Gasteiger partial charge on any atom is 0.232 e. The summed E-state index contributed by atoms with van der Waals surface area (Å²) in [5, 5.41) is 8.42. The molecule has 0 saturated carbocycles. The molecule has 0 bridgehead atoms. The lowest BCUT2D eigenvalue weighted by Crippen LogP contribution is -2.20. The third-order valence-corrected chi connectivity index (χ3v) is 4.87. The summed E-state index contributed by atoms with van der Waals surface area (Å²) in [6.45, 7) is 1.84. The Morgan fingerprint density at radius 2 is 2.00 bits per heavy atom. The second kappa shape index (κ2) is 6.87. The van der Waals surface area contributed by atoms with E-state index in [0.717, 1.165) is 16.5 Å². The molecule has 0 fully saturated rings. The average Bonchev–Trinajstić information content (AvgIpc) is 3.37. The highest BCUT2D eigenvalue weighted by Crippen LogP contribution is 2.28. The topological polar surface area (TPSA) is 85.3 Å². The highest BCUT2D eigenvalue weighted by Gasteiger charge is 2.17. The van der Waals surface area contributed by atoms with Crippen molar-refractivity contribution in [2.45, 2.75) is 12.8 Å². The van der Waals surface area contributed by atoms with Crippen LogP contribution in [0.1, 0.15) is 18.4 Å². The van der Waals surface area contributed by atoms with Crippen molar-refractivity contribution in [1.29, 1.82) is 0 Å². The molecule has 7 heteroatoms. The third kappa shape index (κ3) is 3.12. The van der Waals surface area contributed by atoms with E-state index in [1.54, 1.807) is 29.2 Å². The van der Waals surface area contributed by atoms with Crippen molar-refractivity contribution < 1.29 is 9.21 Å². The number of furan rings is 1. The minimum atomic E-state index is -0.348. The molecule has 0 aliphatic heterocycles. The van der Waals surface area contributed by atoms with Gasteiger partial charge in [0.15, 0.2) is 17.2 Å². The number of para-hydroxylation sites is 1. The molecule has 4 aromatic heterocycles. The van der Waals surface area contributed by atoms with Gasteiger partial charge in [0.1, 0.15) is 11.3 Å². The van der Waals surface area contributed by atoms with Crippen LogP contribution in [-0.2, 0) is 4.79 Å². The highest BCUT2D eigenvalue weighted by atomic mass is 16.3. The number of rotatable bonds is 4. The number of nitrogens with one attached hydrogen (secondary N) is 1. The summed E-state index contributed by atoms with van der Waals surface area (Å²) < 4.78 is 7.61. The molecule has 142 valence electrons. The monoisotopic (exact) mass is 383 g/mol. The number of hydrogen-bond donors (Lipinski definition) is 1. The van der Waals surface area contributed by atoms with Crippen LogP contribution in [0, 0.1) is 0 Å². The molecule has 0 spiro atoms. The zero-order valence-corrected chi connectivity index (χ0v) is 15.6. The van der Waals surface area contributed by atoms with Crippen molar-refractivity contribution in [3.63, 3.8) is 0 Å². The predicted molar refractivity (Wildman–Crippen MR) is 109 cm³/mol. The van der Waals surface area contributed by atoms with Crippen LogP contribution in [0.15, 0.2) is 77.6 Å². The zero-order valence-electron chi connectivity index (χ0n) is 15.6. The molecule has 29 heavy (non-hydrogen) atoms. The van der Waals surface area contributed by atoms with E-state index in [2.05, 4.69) is 20.4 Å². The van der Waals surface area contributed by atoms with Gasteiger partial charge in [-0.1, -0.05) is 24.3 Å². The Morgan fingerprint density at radius 3 is 2.83 bits per heavy atom. The fourth-order valence-electron chi connectivity index (χ4n) is 3.23. The van der Waals surface area contributed by atoms with Gasteiger partial charge < -0.3 is 9.73 Å². The molecule has 5 rings (SSSR count). The van der Waals surface area contributed by atoms with Gasteiger partial charge in [0.05, 0.1) is 12.1 Å². The summed E-state index contributed by atoms with van der Waals surface area (Å²) >= 11 is 0. The molecule has 7 nitrogen and oxygen atoms in total. The molecule has 0 radical (unpaired) electrons. The second-order valence-electron chi connectivity index (χ2n) is 6.78. The van der Waals surface area contributed by atoms with Crippen molar-refractivity contribution in [1.82, 2.24) is 19.6 Å². The number of amides is 1. The van der Waals surface area contributed by atoms with Gasteiger partial charge in [-0.2, -0.15) is 0 Å². The lowest BCUT2D eigenvalue weighted by molar-refractivity contribution is -0.117. The number of pyridine rings is 1. The first-order valence-corrected chi connectivity index (χ1v) is 9.23. The van der Waals surface area contributed by atoms with E-state index in [4.69, 9.17) is 4.42 Å². The van der Waals surface area contributed by atoms with Crippen LogP contribution in [0.3, 0.4) is 0 Å². The molecular formula is C22H17N5O2. The molecule has 0 saturated heterocycles. The van der Waals surface area contributed by atoms with E-state index in [-0.39, 0.29) is 11.8 Å². The van der Waals surface area contributed by atoms with Crippen LogP contribution in [0.25, 0.3) is 28.1 Å². The van der Waals surface area contributed by atoms with Gasteiger partial charge in [-0.15, -0.1) is 5.10 Å². The van der Waals surface area contributed by atoms with E-state index >= 15 is 0 Å². The van der Waals surface area contributed by atoms with Gasteiger partial charge in [-0.25, -0.2) is 9.50 Å². The lowest BCUT2D eigenvalue weighted by atomic mass is 10.0. The fourth-order valence-corrected chi connectivity index (χ4v) is 3.23. The number of aromatic nitrogens is 4. The fraction of sp³-hybridized carbons (Fsp3) is 0.0909. The Labute approximate surface area is 166 Å². The SMILES string of the molecule is CC(C(=O)Nc1ccc2ncc(-c3cc4ccccc4o3)n2n1)c1cccnc1. The summed E-state index contributed by atoms with van der Waals surface area (Å²) in [5.41, 5.74) is 3.02. The Morgan fingerprint density at radius 1 is 1.10 bits per heavy atom. The quantitative estimate of drug-likeness (QED) is 0.501. The maximum atomic E-state index is 12.6. The summed E-state index contributed by atoms with van der Waals surface area (Å²) in [5.74, 6) is 0.598. The average molecular weight is 383 g/mol. The van der Waals surface area contributed by atoms with E-state index in [1.165, 1.54) is 0 Å². The van der Waals surface area contributed by atoms with E-state index in [0.29, 0.717) is 22.9 Å². The first-order chi connectivity index (χ1) is 14.2. The number of fused-ring (bicyclic) bond motifs is 2. The zero-order chi connectivity index (χ0) is 19.8. The molecule has 1 atom stereocenters. The van der Waals surface area contributed by atoms with Crippen molar-refractivity contribution >= 4 is 28.3 Å². The van der Waals surface area contributed by atoms with Gasteiger partial charge in [0.25, 0.3) is 0 Å². The van der Waals surface area contributed by atoms with Crippen LogP contribution in [0.4, 0.5) is 5.82 Å². The molecular weight excluding hydrogens is 366 g/mol. The number of carbonyl (C=O) groups excluding carboxylic acids is 1. The van der Waals surface area contributed by atoms with Gasteiger partial charge in [0, 0.05) is 17.8 Å². The molecule has 4 heterocycles. The highest BCUT2D eigenvalue weighted by molar-refractivity contribution is 5.94. The molecule has 1 N–H and O–H groups in total. The van der Waals surface area contributed by atoms with Gasteiger partial charge in [-0.3, -0.25) is 9.78 Å². The number of anilines is 1. The normalized spacial score (nSPS) is 12.3. The van der Waals surface area contributed by atoms with Crippen LogP contribution >= 0.6 is 0 Å². The molecule has 0 aliphatic carbocycles. The van der Waals surface area contributed by atoms with Crippen LogP contribution in [0.5, 0.6) is 0 Å². The van der Waals surface area contributed by atoms with E-state index in [1.807, 2.05) is 55.5 Å². The van der Waals surface area contributed by atoms with Gasteiger partial charge >= 0.3 is 0 Å². The smallest absolute Gasteiger partial charge is 0.232 e. The van der Waals surface area contributed by atoms with Gasteiger partial charge in [0.2, 0.25) is 5.91 Å². The van der Waals surface area contributed by atoms with Crippen LogP contribution in [0.2, 0.25) is 0 Å². The van der Waals surface area contributed by atoms with Crippen LogP contribution < -0.4 is 5.32 Å². The summed E-state index contributed by atoms with van der Waals surface area (Å²) in [6, 6.07) is 17.0. The second-order valence-corrected chi connectivity index (χ2v) is 6.78. The van der Waals surface area contributed by atoms with E-state index in [9.17, 15) is 4.79 Å². The Bertz CT molecular complexity index is 1290. The molecule has 1 amide bonds. The van der Waals surface area contributed by atoms with Crippen LogP contribution in [-0.4, -0.2) is 25.5 Å². The van der Waals surface area contributed by atoms with Crippen molar-refractivity contribution in [2.75, 3.05) is 5.32 Å². The molecule has 1 aromatic carbocycles. The Hall–Kier alpha value is -4.00. The minimum Gasteiger partial charge on any atom is -0.454 e. The number of carbonyl (C=O) groups is 1. The lowest BCUT2D eigenvalue weighted by Gasteiger charge is -2.11. The molecule has 1 unspecified atom stereocenters. The van der Waals surface area contributed by atoms with Crippen molar-refractivity contribution in [3.8, 4) is 11.5 Å². The summed E-state index contributed by atoms with van der Waals surface area (Å²) in [4.78, 5) is 21.1. The largest absolute Gasteiger partial charge is 0.454 e. The number of hydrogen-bond acceptors (Lipinski definition) is 5. The third-order valence-electron chi connectivity index (χ3n) is 4.87. The predicted octanol–water partition coefficient (Wildman–Crippen LogP) is 4.28. The number of nitrogens with zero attached hydrogens (tertiary/aromatic N) is 4. The Kier molecular flexibility index (Phi) is 4.05. The first-order valence-electron chi connectivity index (χ1n) is 9.23. The molecule has 0 aliphatic rings. The van der Waals surface area contributed by atoms with Gasteiger partial charge in [-0.05, 0) is 42.8 Å². The minimum absolute atomic E-state index is 0.157. The number of imidazole rings is 1. The number of benzene rings is 1. The first kappa shape index (κ1) is 17.1. The van der Waals surface area contributed by atoms with Crippen molar-refractivity contribution in [2.24, 2.45) is 0 Å². The maximum absolute atomic E-state index is 12.6. The Balaban J connectivity index is 1.47. The summed E-state index contributed by atoms with van der Waals surface area (Å²) in [6.07, 6.45) is 5.09. The van der Waals surface area contributed by atoms with Crippen molar-refractivity contribution in [3.05, 3.63) is 78.8 Å². The standard InChI is InChI=1S/C22H17N5O2/c1-14(16-6-4-10-23-12-16)22(28)25-20-8-9-21-24-13-17(27(21)26-20)19-11-15-5-2-3-7-18(15)29-19/h2-14H,1H3,(H,25,26,28). The van der Waals surface area contributed by atoms with E-state index < -0.39 is 0 Å².